The van der Waals surface area contributed by atoms with Gasteiger partial charge in [-0.25, -0.2) is 0 Å². The van der Waals surface area contributed by atoms with Gasteiger partial charge in [0.2, 0.25) is 0 Å². The molecule has 100 valence electrons. The maximum absolute atomic E-state index is 9.82. The summed E-state index contributed by atoms with van der Waals surface area (Å²) >= 11 is 0. The molecule has 1 fully saturated rings. The Morgan fingerprint density at radius 2 is 2.00 bits per heavy atom. The summed E-state index contributed by atoms with van der Waals surface area (Å²) in [5, 5.41) is 9.82. The second-order valence-corrected chi connectivity index (χ2v) is 5.12. The predicted octanol–water partition coefficient (Wildman–Crippen LogP) is 2.60. The highest BCUT2D eigenvalue weighted by Crippen LogP contribution is 2.29. The van der Waals surface area contributed by atoms with Crippen molar-refractivity contribution in [3.63, 3.8) is 0 Å². The molecular weight excluding hydrogens is 226 g/mol. The van der Waals surface area contributed by atoms with Gasteiger partial charge in [0.15, 0.2) is 0 Å². The number of hydrogen-bond acceptors (Lipinski definition) is 3. The molecule has 1 aromatic carbocycles. The molecule has 1 aliphatic rings. The number of aliphatic hydroxyl groups excluding tert-OH is 1. The van der Waals surface area contributed by atoms with E-state index in [0.717, 1.165) is 25.3 Å². The van der Waals surface area contributed by atoms with Crippen LogP contribution in [0.5, 0.6) is 0 Å². The molecule has 3 heteroatoms. The first kappa shape index (κ1) is 13.4. The maximum Gasteiger partial charge on any atom is 0.0781 e. The van der Waals surface area contributed by atoms with Gasteiger partial charge in [-0.05, 0) is 31.7 Å². The molecule has 0 aliphatic carbocycles. The summed E-state index contributed by atoms with van der Waals surface area (Å²) in [6, 6.07) is 8.16. The number of rotatable bonds is 4. The standard InChI is InChI=1S/C15H23NO2/c1-12(17)14-5-3-4-6-15(14)16-9-7-13(8-10-16)11-18-2/h3-6,12-13,17H,7-11H2,1-2H3. The summed E-state index contributed by atoms with van der Waals surface area (Å²) in [5.41, 5.74) is 2.21. The van der Waals surface area contributed by atoms with E-state index < -0.39 is 6.10 Å². The lowest BCUT2D eigenvalue weighted by molar-refractivity contribution is 0.139. The maximum atomic E-state index is 9.82. The van der Waals surface area contributed by atoms with E-state index in [1.165, 1.54) is 18.5 Å². The van der Waals surface area contributed by atoms with E-state index in [9.17, 15) is 5.11 Å². The fourth-order valence-electron chi connectivity index (χ4n) is 2.71. The minimum Gasteiger partial charge on any atom is -0.389 e. The van der Waals surface area contributed by atoms with Crippen LogP contribution in [0, 0.1) is 5.92 Å². The van der Waals surface area contributed by atoms with E-state index in [-0.39, 0.29) is 0 Å². The molecule has 3 nitrogen and oxygen atoms in total. The predicted molar refractivity (Wildman–Crippen MR) is 73.9 cm³/mol. The normalized spacial score (nSPS) is 18.9. The highest BCUT2D eigenvalue weighted by molar-refractivity contribution is 5.54. The Morgan fingerprint density at radius 1 is 1.33 bits per heavy atom. The van der Waals surface area contributed by atoms with E-state index in [1.807, 2.05) is 25.1 Å². The minimum atomic E-state index is -0.405. The molecule has 18 heavy (non-hydrogen) atoms. The molecule has 1 saturated heterocycles. The van der Waals surface area contributed by atoms with Crippen LogP contribution in [0.1, 0.15) is 31.4 Å². The molecule has 0 bridgehead atoms. The quantitative estimate of drug-likeness (QED) is 0.890. The van der Waals surface area contributed by atoms with Crippen LogP contribution in [-0.4, -0.2) is 31.9 Å². The van der Waals surface area contributed by atoms with E-state index in [1.54, 1.807) is 7.11 Å². The fraction of sp³-hybridized carbons (Fsp3) is 0.600. The zero-order valence-corrected chi connectivity index (χ0v) is 11.3. The molecule has 1 heterocycles. The smallest absolute Gasteiger partial charge is 0.0781 e. The van der Waals surface area contributed by atoms with Crippen LogP contribution in [0.15, 0.2) is 24.3 Å². The number of hydrogen-bond donors (Lipinski definition) is 1. The van der Waals surface area contributed by atoms with Gasteiger partial charge < -0.3 is 14.7 Å². The first-order valence-electron chi connectivity index (χ1n) is 6.73. The van der Waals surface area contributed by atoms with Crippen molar-refractivity contribution < 1.29 is 9.84 Å². The summed E-state index contributed by atoms with van der Waals surface area (Å²) in [6.07, 6.45) is 1.93. The molecule has 0 amide bonds. The van der Waals surface area contributed by atoms with Gasteiger partial charge in [-0.15, -0.1) is 0 Å². The molecule has 0 radical (unpaired) electrons. The van der Waals surface area contributed by atoms with Gasteiger partial charge in [0.1, 0.15) is 0 Å². The van der Waals surface area contributed by atoms with E-state index >= 15 is 0 Å². The van der Waals surface area contributed by atoms with Crippen LogP contribution in [-0.2, 0) is 4.74 Å². The first-order valence-corrected chi connectivity index (χ1v) is 6.73. The largest absolute Gasteiger partial charge is 0.389 e. The summed E-state index contributed by atoms with van der Waals surface area (Å²) in [7, 11) is 1.77. The average Bonchev–Trinajstić information content (AvgIpc) is 2.40. The van der Waals surface area contributed by atoms with Crippen molar-refractivity contribution in [2.24, 2.45) is 5.92 Å². The Balaban J connectivity index is 2.05. The van der Waals surface area contributed by atoms with Gasteiger partial charge in [-0.1, -0.05) is 18.2 Å². The number of ether oxygens (including phenoxy) is 1. The van der Waals surface area contributed by atoms with E-state index in [2.05, 4.69) is 11.0 Å². The summed E-state index contributed by atoms with van der Waals surface area (Å²) in [6.45, 7) is 4.80. The van der Waals surface area contributed by atoms with Gasteiger partial charge in [-0.2, -0.15) is 0 Å². The lowest BCUT2D eigenvalue weighted by Gasteiger charge is -2.35. The van der Waals surface area contributed by atoms with Crippen molar-refractivity contribution in [1.29, 1.82) is 0 Å². The van der Waals surface area contributed by atoms with Gasteiger partial charge in [0, 0.05) is 38.1 Å². The topological polar surface area (TPSA) is 32.7 Å². The molecule has 1 atom stereocenters. The number of para-hydroxylation sites is 1. The molecule has 1 aromatic rings. The third-order valence-corrected chi connectivity index (χ3v) is 3.74. The monoisotopic (exact) mass is 249 g/mol. The van der Waals surface area contributed by atoms with Crippen LogP contribution in [0.4, 0.5) is 5.69 Å². The molecule has 1 N–H and O–H groups in total. The summed E-state index contributed by atoms with van der Waals surface area (Å²) in [4.78, 5) is 2.38. The highest BCUT2D eigenvalue weighted by Gasteiger charge is 2.21. The zero-order chi connectivity index (χ0) is 13.0. The van der Waals surface area contributed by atoms with Crippen molar-refractivity contribution in [1.82, 2.24) is 0 Å². The molecule has 1 unspecified atom stereocenters. The van der Waals surface area contributed by atoms with E-state index in [4.69, 9.17) is 4.74 Å². The van der Waals surface area contributed by atoms with Crippen LogP contribution < -0.4 is 4.90 Å². The Bertz CT molecular complexity index is 371. The number of anilines is 1. The Labute approximate surface area is 109 Å². The Morgan fingerprint density at radius 3 is 2.61 bits per heavy atom. The average molecular weight is 249 g/mol. The molecular formula is C15H23NO2. The molecule has 0 aromatic heterocycles. The first-order chi connectivity index (χ1) is 8.72. The minimum absolute atomic E-state index is 0.405. The van der Waals surface area contributed by atoms with Gasteiger partial charge in [-0.3, -0.25) is 0 Å². The number of methoxy groups -OCH3 is 1. The number of benzene rings is 1. The molecule has 1 aliphatic heterocycles. The second-order valence-electron chi connectivity index (χ2n) is 5.12. The zero-order valence-electron chi connectivity index (χ0n) is 11.3. The summed E-state index contributed by atoms with van der Waals surface area (Å²) in [5.74, 6) is 0.685. The fourth-order valence-corrected chi connectivity index (χ4v) is 2.71. The van der Waals surface area contributed by atoms with Crippen LogP contribution in [0.2, 0.25) is 0 Å². The third kappa shape index (κ3) is 3.03. The molecule has 0 spiro atoms. The second kappa shape index (κ2) is 6.21. The van der Waals surface area contributed by atoms with Crippen molar-refractivity contribution in [3.8, 4) is 0 Å². The van der Waals surface area contributed by atoms with Crippen molar-refractivity contribution >= 4 is 5.69 Å². The SMILES string of the molecule is COCC1CCN(c2ccccc2C(C)O)CC1. The van der Waals surface area contributed by atoms with Crippen molar-refractivity contribution in [2.45, 2.75) is 25.9 Å². The number of aliphatic hydroxyl groups is 1. The van der Waals surface area contributed by atoms with E-state index in [0.29, 0.717) is 5.92 Å². The lowest BCUT2D eigenvalue weighted by atomic mass is 9.96. The van der Waals surface area contributed by atoms with Gasteiger partial charge in [0.05, 0.1) is 6.10 Å². The summed E-state index contributed by atoms with van der Waals surface area (Å²) < 4.78 is 5.23. The van der Waals surface area contributed by atoms with Crippen LogP contribution in [0.3, 0.4) is 0 Å². The molecule has 0 saturated carbocycles. The number of piperidine rings is 1. The van der Waals surface area contributed by atoms with Gasteiger partial charge in [0.25, 0.3) is 0 Å². The van der Waals surface area contributed by atoms with Gasteiger partial charge >= 0.3 is 0 Å². The third-order valence-electron chi connectivity index (χ3n) is 3.74. The molecule has 2 rings (SSSR count). The number of nitrogens with zero attached hydrogens (tertiary/aromatic N) is 1. The van der Waals surface area contributed by atoms with Crippen LogP contribution in [0.25, 0.3) is 0 Å². The Kier molecular flexibility index (Phi) is 4.61. The van der Waals surface area contributed by atoms with Crippen LogP contribution >= 0.6 is 0 Å². The van der Waals surface area contributed by atoms with Crippen molar-refractivity contribution in [2.75, 3.05) is 31.7 Å². The lowest BCUT2D eigenvalue weighted by Crippen LogP contribution is -2.35. The Hall–Kier alpha value is -1.06. The van der Waals surface area contributed by atoms with Crippen molar-refractivity contribution in [3.05, 3.63) is 29.8 Å². The highest BCUT2D eigenvalue weighted by atomic mass is 16.5.